The van der Waals surface area contributed by atoms with Gasteiger partial charge in [-0.25, -0.2) is 16.8 Å². The van der Waals surface area contributed by atoms with Crippen molar-refractivity contribution >= 4 is 77.3 Å². The predicted octanol–water partition coefficient (Wildman–Crippen LogP) is 11.2. The topological polar surface area (TPSA) is 74.8 Å². The molecule has 0 atom stereocenters. The largest absolute Gasteiger partial charge is 0.308 e. The third kappa shape index (κ3) is 5.50. The van der Waals surface area contributed by atoms with Crippen LogP contribution in [0.5, 0.6) is 0 Å². The Morgan fingerprint density at radius 1 is 0.327 bits per heavy atom. The molecule has 0 saturated heterocycles. The van der Waals surface area contributed by atoms with Gasteiger partial charge in [-0.3, -0.25) is 0 Å². The standard InChI is InChI=1S/C42H28N2O4S4/c45-51(46,31-24-20-29(21-25-31)43-35-12-1-5-16-39(35)49-40-17-6-2-13-36(40)43)33-10-9-11-34(28-33)52(47,48)32-26-22-30(23-27-32)44-37-14-3-7-18-41(37)50-42-19-8-4-15-38(42)44/h1-28H. The predicted molar refractivity (Wildman–Crippen MR) is 208 cm³/mol. The molecule has 6 nitrogen and oxygen atoms in total. The van der Waals surface area contributed by atoms with E-state index in [1.165, 1.54) is 24.3 Å². The van der Waals surface area contributed by atoms with Gasteiger partial charge in [0.1, 0.15) is 0 Å². The summed E-state index contributed by atoms with van der Waals surface area (Å²) in [5.74, 6) is 0. The highest BCUT2D eigenvalue weighted by Gasteiger charge is 2.28. The number of hydrogen-bond donors (Lipinski definition) is 0. The highest BCUT2D eigenvalue weighted by Crippen LogP contribution is 2.52. The van der Waals surface area contributed by atoms with E-state index in [2.05, 4.69) is 34.1 Å². The normalized spacial score (nSPS) is 13.5. The molecule has 0 N–H and O–H groups in total. The molecule has 2 heterocycles. The minimum Gasteiger partial charge on any atom is -0.308 e. The van der Waals surface area contributed by atoms with E-state index in [0.29, 0.717) is 0 Å². The smallest absolute Gasteiger partial charge is 0.206 e. The molecule has 52 heavy (non-hydrogen) atoms. The van der Waals surface area contributed by atoms with Crippen LogP contribution in [0, 0.1) is 0 Å². The van der Waals surface area contributed by atoms with E-state index < -0.39 is 19.7 Å². The lowest BCUT2D eigenvalue weighted by molar-refractivity contribution is 0.594. The van der Waals surface area contributed by atoms with Crippen LogP contribution in [0.3, 0.4) is 0 Å². The van der Waals surface area contributed by atoms with E-state index in [1.807, 2.05) is 72.8 Å². The third-order valence-corrected chi connectivity index (χ3v) is 14.9. The molecule has 9 rings (SSSR count). The maximum absolute atomic E-state index is 13.9. The summed E-state index contributed by atoms with van der Waals surface area (Å²) in [4.78, 5) is 8.61. The van der Waals surface area contributed by atoms with E-state index >= 15 is 0 Å². The Hall–Kier alpha value is -5.26. The number of benzene rings is 7. The van der Waals surface area contributed by atoms with Gasteiger partial charge in [0, 0.05) is 31.0 Å². The van der Waals surface area contributed by atoms with Gasteiger partial charge in [0.15, 0.2) is 0 Å². The Morgan fingerprint density at radius 3 is 0.962 bits per heavy atom. The lowest BCUT2D eigenvalue weighted by Crippen LogP contribution is -2.15. The van der Waals surface area contributed by atoms with Crippen molar-refractivity contribution in [2.75, 3.05) is 9.80 Å². The second-order valence-corrected chi connectivity index (χ2v) is 18.3. The van der Waals surface area contributed by atoms with Gasteiger partial charge in [-0.05, 0) is 115 Å². The zero-order valence-electron chi connectivity index (χ0n) is 27.3. The fourth-order valence-electron chi connectivity index (χ4n) is 6.60. The second kappa shape index (κ2) is 12.8. The molecule has 0 spiro atoms. The van der Waals surface area contributed by atoms with Gasteiger partial charge in [-0.15, -0.1) is 0 Å². The maximum atomic E-state index is 13.9. The highest BCUT2D eigenvalue weighted by molar-refractivity contribution is 8.00. The second-order valence-electron chi connectivity index (χ2n) is 12.2. The molecule has 0 saturated carbocycles. The zero-order valence-corrected chi connectivity index (χ0v) is 30.6. The molecule has 0 aliphatic carbocycles. The minimum atomic E-state index is -4.05. The molecule has 0 radical (unpaired) electrons. The number of nitrogens with zero attached hydrogens (tertiary/aromatic N) is 2. The first-order chi connectivity index (χ1) is 25.3. The fourth-order valence-corrected chi connectivity index (χ4v) is 11.4. The van der Waals surface area contributed by atoms with Crippen LogP contribution in [0.15, 0.2) is 209 Å². The molecule has 0 aromatic heterocycles. The van der Waals surface area contributed by atoms with E-state index in [9.17, 15) is 16.8 Å². The van der Waals surface area contributed by atoms with Crippen molar-refractivity contribution in [3.63, 3.8) is 0 Å². The lowest BCUT2D eigenvalue weighted by atomic mass is 10.2. The molecule has 0 bridgehead atoms. The summed E-state index contributed by atoms with van der Waals surface area (Å²) in [6.45, 7) is 0. The van der Waals surface area contributed by atoms with Crippen molar-refractivity contribution in [1.82, 2.24) is 0 Å². The van der Waals surface area contributed by atoms with E-state index in [4.69, 9.17) is 0 Å². The van der Waals surface area contributed by atoms with Crippen molar-refractivity contribution in [1.29, 1.82) is 0 Å². The Morgan fingerprint density at radius 2 is 0.635 bits per heavy atom. The Kier molecular flexibility index (Phi) is 8.00. The van der Waals surface area contributed by atoms with Crippen LogP contribution in [0.1, 0.15) is 0 Å². The van der Waals surface area contributed by atoms with Crippen molar-refractivity contribution in [2.24, 2.45) is 0 Å². The van der Waals surface area contributed by atoms with Crippen LogP contribution in [-0.4, -0.2) is 16.8 Å². The molecule has 10 heteroatoms. The first-order valence-corrected chi connectivity index (χ1v) is 21.0. The number of para-hydroxylation sites is 4. The van der Waals surface area contributed by atoms with E-state index in [-0.39, 0.29) is 19.6 Å². The lowest BCUT2D eigenvalue weighted by Gasteiger charge is -2.32. The molecular formula is C42H28N2O4S4. The highest BCUT2D eigenvalue weighted by atomic mass is 32.2. The zero-order chi connectivity index (χ0) is 35.5. The summed E-state index contributed by atoms with van der Waals surface area (Å²) < 4.78 is 55.7. The van der Waals surface area contributed by atoms with Gasteiger partial charge in [-0.2, -0.15) is 0 Å². The molecule has 0 amide bonds. The van der Waals surface area contributed by atoms with Crippen molar-refractivity contribution < 1.29 is 16.8 Å². The van der Waals surface area contributed by atoms with Crippen LogP contribution >= 0.6 is 23.5 Å². The van der Waals surface area contributed by atoms with Crippen LogP contribution in [0.25, 0.3) is 0 Å². The van der Waals surface area contributed by atoms with E-state index in [1.54, 1.807) is 72.1 Å². The van der Waals surface area contributed by atoms with E-state index in [0.717, 1.165) is 53.7 Å². The molecule has 2 aliphatic rings. The molecule has 254 valence electrons. The van der Waals surface area contributed by atoms with Crippen molar-refractivity contribution in [2.45, 2.75) is 39.2 Å². The van der Waals surface area contributed by atoms with Crippen LogP contribution in [-0.2, 0) is 19.7 Å². The number of sulfone groups is 2. The van der Waals surface area contributed by atoms with Gasteiger partial charge < -0.3 is 9.80 Å². The summed E-state index contributed by atoms with van der Waals surface area (Å²) in [5, 5.41) is 0. The Bertz CT molecular complexity index is 2460. The van der Waals surface area contributed by atoms with Gasteiger partial charge in [-0.1, -0.05) is 78.1 Å². The molecule has 7 aromatic rings. The monoisotopic (exact) mass is 752 g/mol. The molecule has 2 aliphatic heterocycles. The number of anilines is 6. The SMILES string of the molecule is O=S(=O)(c1ccc(N2c3ccccc3Sc3ccccc32)cc1)c1cccc(S(=O)(=O)c2ccc(N3c4ccccc4Sc4ccccc43)cc2)c1. The minimum absolute atomic E-state index is 0.0726. The Labute approximate surface area is 311 Å². The van der Waals surface area contributed by atoms with Gasteiger partial charge in [0.05, 0.1) is 42.3 Å². The molecule has 7 aromatic carbocycles. The first kappa shape index (κ1) is 32.6. The molecule has 0 unspecified atom stereocenters. The Balaban J connectivity index is 1.01. The van der Waals surface area contributed by atoms with Crippen molar-refractivity contribution in [3.05, 3.63) is 170 Å². The summed E-state index contributed by atoms with van der Waals surface area (Å²) in [5.41, 5.74) is 5.67. The van der Waals surface area contributed by atoms with Gasteiger partial charge in [0.25, 0.3) is 0 Å². The van der Waals surface area contributed by atoms with Gasteiger partial charge in [0.2, 0.25) is 19.7 Å². The summed E-state index contributed by atoms with van der Waals surface area (Å²) in [6.07, 6.45) is 0. The number of rotatable bonds is 6. The third-order valence-electron chi connectivity index (χ3n) is 9.10. The van der Waals surface area contributed by atoms with Crippen molar-refractivity contribution in [3.8, 4) is 0 Å². The first-order valence-electron chi connectivity index (χ1n) is 16.4. The van der Waals surface area contributed by atoms with Crippen LogP contribution in [0.2, 0.25) is 0 Å². The molecule has 0 fully saturated rings. The quantitative estimate of drug-likeness (QED) is 0.166. The number of hydrogen-bond acceptors (Lipinski definition) is 8. The van der Waals surface area contributed by atoms with Crippen LogP contribution < -0.4 is 9.80 Å². The maximum Gasteiger partial charge on any atom is 0.206 e. The summed E-state index contributed by atoms with van der Waals surface area (Å²) >= 11 is 3.40. The van der Waals surface area contributed by atoms with Crippen LogP contribution in [0.4, 0.5) is 34.1 Å². The summed E-state index contributed by atoms with van der Waals surface area (Å²) in [6, 6.07) is 51.5. The molecular weight excluding hydrogens is 725 g/mol. The average Bonchev–Trinajstić information content (AvgIpc) is 3.19. The average molecular weight is 753 g/mol. The number of fused-ring (bicyclic) bond motifs is 4. The van der Waals surface area contributed by atoms with Gasteiger partial charge >= 0.3 is 0 Å². The summed E-state index contributed by atoms with van der Waals surface area (Å²) in [7, 11) is -8.09. The fraction of sp³-hybridized carbons (Fsp3) is 0.